The number of nitrogen functional groups attached to an aromatic ring is 1. The second-order valence-electron chi connectivity index (χ2n) is 3.32. The van der Waals surface area contributed by atoms with Crippen molar-refractivity contribution in [3.05, 3.63) is 24.0 Å². The molecule has 14 heavy (non-hydrogen) atoms. The van der Waals surface area contributed by atoms with Crippen molar-refractivity contribution in [3.63, 3.8) is 0 Å². The Morgan fingerprint density at radius 1 is 1.43 bits per heavy atom. The van der Waals surface area contributed by atoms with Gasteiger partial charge >= 0.3 is 0 Å². The van der Waals surface area contributed by atoms with Gasteiger partial charge in [0.15, 0.2) is 0 Å². The largest absolute Gasteiger partial charge is 0.382 e. The maximum Gasteiger partial charge on any atom is 0.144 e. The summed E-state index contributed by atoms with van der Waals surface area (Å²) in [6.07, 6.45) is 6.35. The molecule has 0 atom stereocenters. The summed E-state index contributed by atoms with van der Waals surface area (Å²) in [5.41, 5.74) is 6.74. The van der Waals surface area contributed by atoms with E-state index >= 15 is 0 Å². The number of nitrogens with zero attached hydrogens (tertiary/aromatic N) is 2. The number of anilines is 2. The number of nitrogens with one attached hydrogen (secondary N) is 1. The van der Waals surface area contributed by atoms with Gasteiger partial charge in [0.2, 0.25) is 0 Å². The molecule has 0 aliphatic rings. The lowest BCUT2D eigenvalue weighted by Gasteiger charge is -2.02. The third kappa shape index (κ3) is 3.89. The van der Waals surface area contributed by atoms with Gasteiger partial charge < -0.3 is 11.1 Å². The lowest BCUT2D eigenvalue weighted by molar-refractivity contribution is 1.03. The molecule has 4 nitrogen and oxygen atoms in total. The van der Waals surface area contributed by atoms with Crippen LogP contribution in [0.1, 0.15) is 20.3 Å². The quantitative estimate of drug-likeness (QED) is 0.564. The number of hydrogen-bond acceptors (Lipinski definition) is 4. The van der Waals surface area contributed by atoms with Gasteiger partial charge in [0.25, 0.3) is 0 Å². The van der Waals surface area contributed by atoms with Crippen LogP contribution in [0.2, 0.25) is 0 Å². The molecule has 0 aliphatic carbocycles. The smallest absolute Gasteiger partial charge is 0.144 e. The van der Waals surface area contributed by atoms with Crippen molar-refractivity contribution in [2.45, 2.75) is 20.3 Å². The van der Waals surface area contributed by atoms with Gasteiger partial charge in [0.05, 0.1) is 12.4 Å². The van der Waals surface area contributed by atoms with Crippen molar-refractivity contribution in [1.29, 1.82) is 0 Å². The number of allylic oxidation sites excluding steroid dienone is 1. The fraction of sp³-hybridized carbons (Fsp3) is 0.400. The molecule has 3 N–H and O–H groups in total. The Morgan fingerprint density at radius 3 is 2.79 bits per heavy atom. The second kappa shape index (κ2) is 5.21. The van der Waals surface area contributed by atoms with Crippen LogP contribution in [-0.4, -0.2) is 16.5 Å². The number of nitrogens with two attached hydrogens (primary N) is 1. The molecular formula is C10H16N4. The highest BCUT2D eigenvalue weighted by molar-refractivity contribution is 5.35. The number of aromatic nitrogens is 2. The van der Waals surface area contributed by atoms with Gasteiger partial charge in [0, 0.05) is 6.54 Å². The van der Waals surface area contributed by atoms with E-state index in [1.807, 2.05) is 0 Å². The molecule has 1 aromatic rings. The van der Waals surface area contributed by atoms with Gasteiger partial charge in [-0.25, -0.2) is 9.97 Å². The van der Waals surface area contributed by atoms with E-state index in [9.17, 15) is 0 Å². The van der Waals surface area contributed by atoms with Crippen LogP contribution in [-0.2, 0) is 0 Å². The molecule has 0 spiro atoms. The molecule has 0 aromatic carbocycles. The van der Waals surface area contributed by atoms with Gasteiger partial charge in [-0.05, 0) is 20.3 Å². The maximum absolute atomic E-state index is 5.41. The zero-order chi connectivity index (χ0) is 10.4. The summed E-state index contributed by atoms with van der Waals surface area (Å²) < 4.78 is 0. The van der Waals surface area contributed by atoms with Crippen molar-refractivity contribution < 1.29 is 0 Å². The fourth-order valence-electron chi connectivity index (χ4n) is 0.990. The molecule has 0 bridgehead atoms. The number of rotatable bonds is 4. The first-order chi connectivity index (χ1) is 6.68. The lowest BCUT2D eigenvalue weighted by Crippen LogP contribution is -2.03. The van der Waals surface area contributed by atoms with Crippen LogP contribution >= 0.6 is 0 Å². The third-order valence-corrected chi connectivity index (χ3v) is 1.67. The summed E-state index contributed by atoms with van der Waals surface area (Å²) >= 11 is 0. The maximum atomic E-state index is 5.41. The highest BCUT2D eigenvalue weighted by atomic mass is 15.0. The topological polar surface area (TPSA) is 63.8 Å². The third-order valence-electron chi connectivity index (χ3n) is 1.67. The minimum atomic E-state index is 0.444. The Balaban J connectivity index is 2.32. The van der Waals surface area contributed by atoms with Crippen LogP contribution in [0.4, 0.5) is 11.6 Å². The lowest BCUT2D eigenvalue weighted by atomic mass is 10.3. The van der Waals surface area contributed by atoms with E-state index in [-0.39, 0.29) is 0 Å². The molecule has 4 heteroatoms. The molecule has 0 fully saturated rings. The zero-order valence-electron chi connectivity index (χ0n) is 8.62. The fourth-order valence-corrected chi connectivity index (χ4v) is 0.990. The van der Waals surface area contributed by atoms with E-state index in [1.54, 1.807) is 12.4 Å². The summed E-state index contributed by atoms with van der Waals surface area (Å²) in [5.74, 6) is 1.21. The van der Waals surface area contributed by atoms with Crippen LogP contribution in [0.3, 0.4) is 0 Å². The standard InChI is InChI=1S/C10H16N4/c1-8(2)4-3-5-12-10-7-13-9(11)6-14-10/h4,6-7H,3,5H2,1-2H3,(H2,11,13)(H,12,14). The van der Waals surface area contributed by atoms with Crippen LogP contribution in [0.25, 0.3) is 0 Å². The van der Waals surface area contributed by atoms with Gasteiger partial charge in [-0.3, -0.25) is 0 Å². The average molecular weight is 192 g/mol. The molecule has 0 unspecified atom stereocenters. The molecule has 0 radical (unpaired) electrons. The minimum Gasteiger partial charge on any atom is -0.382 e. The Hall–Kier alpha value is -1.58. The molecule has 1 heterocycles. The van der Waals surface area contributed by atoms with E-state index in [4.69, 9.17) is 5.73 Å². The van der Waals surface area contributed by atoms with E-state index in [1.165, 1.54) is 5.57 Å². The Labute approximate surface area is 84.3 Å². The van der Waals surface area contributed by atoms with Gasteiger partial charge in [-0.2, -0.15) is 0 Å². The molecule has 0 saturated carbocycles. The van der Waals surface area contributed by atoms with E-state index < -0.39 is 0 Å². The van der Waals surface area contributed by atoms with Crippen molar-refractivity contribution >= 4 is 11.6 Å². The average Bonchev–Trinajstić information content (AvgIpc) is 2.15. The van der Waals surface area contributed by atoms with Crippen LogP contribution in [0, 0.1) is 0 Å². The highest BCUT2D eigenvalue weighted by Crippen LogP contribution is 2.02. The monoisotopic (exact) mass is 192 g/mol. The first-order valence-electron chi connectivity index (χ1n) is 4.63. The summed E-state index contributed by atoms with van der Waals surface area (Å²) in [4.78, 5) is 8.01. The van der Waals surface area contributed by atoms with Gasteiger partial charge in [0.1, 0.15) is 11.6 Å². The van der Waals surface area contributed by atoms with E-state index in [2.05, 4.69) is 35.2 Å². The predicted molar refractivity (Wildman–Crippen MR) is 59.0 cm³/mol. The van der Waals surface area contributed by atoms with Crippen LogP contribution < -0.4 is 11.1 Å². The Kier molecular flexibility index (Phi) is 3.91. The highest BCUT2D eigenvalue weighted by Gasteiger charge is 1.92. The Bertz CT molecular complexity index is 298. The Morgan fingerprint density at radius 2 is 2.21 bits per heavy atom. The van der Waals surface area contributed by atoms with Crippen LogP contribution in [0.15, 0.2) is 24.0 Å². The SMILES string of the molecule is CC(C)=CCCNc1cnc(N)cn1. The molecule has 0 aliphatic heterocycles. The first kappa shape index (κ1) is 10.5. The molecule has 0 saturated heterocycles. The summed E-state index contributed by atoms with van der Waals surface area (Å²) in [6.45, 7) is 5.04. The first-order valence-corrected chi connectivity index (χ1v) is 4.63. The second-order valence-corrected chi connectivity index (χ2v) is 3.32. The van der Waals surface area contributed by atoms with Crippen molar-refractivity contribution in [1.82, 2.24) is 9.97 Å². The normalized spacial score (nSPS) is 9.57. The minimum absolute atomic E-state index is 0.444. The predicted octanol–water partition coefficient (Wildman–Crippen LogP) is 1.83. The number of hydrogen-bond donors (Lipinski definition) is 2. The molecule has 1 aromatic heterocycles. The van der Waals surface area contributed by atoms with Crippen molar-refractivity contribution in [2.75, 3.05) is 17.6 Å². The molecule has 0 amide bonds. The van der Waals surface area contributed by atoms with E-state index in [0.29, 0.717) is 5.82 Å². The van der Waals surface area contributed by atoms with Gasteiger partial charge in [-0.1, -0.05) is 11.6 Å². The molecular weight excluding hydrogens is 176 g/mol. The molecule has 76 valence electrons. The summed E-state index contributed by atoms with van der Waals surface area (Å²) in [7, 11) is 0. The molecule has 1 rings (SSSR count). The van der Waals surface area contributed by atoms with Gasteiger partial charge in [-0.15, -0.1) is 0 Å². The summed E-state index contributed by atoms with van der Waals surface area (Å²) in [5, 5.41) is 3.15. The van der Waals surface area contributed by atoms with Crippen LogP contribution in [0.5, 0.6) is 0 Å². The zero-order valence-corrected chi connectivity index (χ0v) is 8.62. The van der Waals surface area contributed by atoms with E-state index in [0.717, 1.165) is 18.8 Å². The van der Waals surface area contributed by atoms with Crippen molar-refractivity contribution in [2.24, 2.45) is 0 Å². The van der Waals surface area contributed by atoms with Crippen molar-refractivity contribution in [3.8, 4) is 0 Å². The summed E-state index contributed by atoms with van der Waals surface area (Å²) in [6, 6.07) is 0.